The Kier molecular flexibility index (Phi) is 8.90. The second kappa shape index (κ2) is 15.0. The number of hydrogen-bond acceptors (Lipinski definition) is 5. The second-order valence-electron chi connectivity index (χ2n) is 14.8. The van der Waals surface area contributed by atoms with Crippen LogP contribution in [0.4, 0.5) is 55.6 Å². The van der Waals surface area contributed by atoms with Crippen molar-refractivity contribution in [2.45, 2.75) is 9.79 Å². The van der Waals surface area contributed by atoms with E-state index in [9.17, 15) is 4.39 Å². The maximum atomic E-state index is 14.7. The van der Waals surface area contributed by atoms with E-state index in [1.165, 1.54) is 11.6 Å². The minimum atomic E-state index is -0.266. The quantitative estimate of drug-likeness (QED) is 0.160. The molecule has 0 bridgehead atoms. The van der Waals surface area contributed by atoms with Crippen molar-refractivity contribution in [2.24, 2.45) is 0 Å². The third-order valence-electron chi connectivity index (χ3n) is 11.1. The Bertz CT molecular complexity index is 3010. The summed E-state index contributed by atoms with van der Waals surface area (Å²) in [5, 5.41) is 0. The summed E-state index contributed by atoms with van der Waals surface area (Å²) in [5.41, 5.74) is 13.4. The summed E-state index contributed by atoms with van der Waals surface area (Å²) < 4.78 is 21.2. The number of benzene rings is 9. The third-order valence-corrected chi connectivity index (χ3v) is 12.2. The molecule has 60 heavy (non-hydrogen) atoms. The zero-order chi connectivity index (χ0) is 40.0. The van der Waals surface area contributed by atoms with E-state index in [-0.39, 0.29) is 5.82 Å². The Hall–Kier alpha value is -7.54. The smallest absolute Gasteiger partial charge is 0.152 e. The highest BCUT2D eigenvalue weighted by Crippen LogP contribution is 2.54. The molecule has 0 aliphatic carbocycles. The summed E-state index contributed by atoms with van der Waals surface area (Å²) in [7, 11) is 0. The average molecular weight is 794 g/mol. The zero-order valence-corrected chi connectivity index (χ0v) is 33.1. The van der Waals surface area contributed by atoms with Gasteiger partial charge in [0.15, 0.2) is 11.5 Å². The number of rotatable bonds is 7. The van der Waals surface area contributed by atoms with Gasteiger partial charge in [-0.2, -0.15) is 0 Å². The molecule has 0 N–H and O–H groups in total. The average Bonchev–Trinajstić information content (AvgIpc) is 3.31. The van der Waals surface area contributed by atoms with Crippen LogP contribution in [-0.4, -0.2) is 0 Å². The van der Waals surface area contributed by atoms with Crippen molar-refractivity contribution in [3.05, 3.63) is 224 Å². The van der Waals surface area contributed by atoms with E-state index in [4.69, 9.17) is 4.74 Å². The molecule has 2 aliphatic heterocycles. The van der Waals surface area contributed by atoms with Gasteiger partial charge < -0.3 is 19.4 Å². The van der Waals surface area contributed by atoms with Crippen LogP contribution in [0.25, 0.3) is 22.3 Å². The Morgan fingerprint density at radius 3 is 1.65 bits per heavy atom. The fourth-order valence-corrected chi connectivity index (χ4v) is 9.34. The molecule has 0 unspecified atom stereocenters. The van der Waals surface area contributed by atoms with Crippen LogP contribution < -0.4 is 19.4 Å². The fourth-order valence-electron chi connectivity index (χ4n) is 8.25. The van der Waals surface area contributed by atoms with Crippen molar-refractivity contribution >= 4 is 62.9 Å². The van der Waals surface area contributed by atoms with Crippen molar-refractivity contribution in [3.8, 4) is 33.8 Å². The molecule has 0 aromatic heterocycles. The first-order valence-electron chi connectivity index (χ1n) is 19.9. The van der Waals surface area contributed by atoms with E-state index in [1.54, 1.807) is 23.9 Å². The highest BCUT2D eigenvalue weighted by atomic mass is 32.2. The molecule has 4 nitrogen and oxygen atoms in total. The summed E-state index contributed by atoms with van der Waals surface area (Å²) in [6, 6.07) is 74.7. The summed E-state index contributed by atoms with van der Waals surface area (Å²) >= 11 is 1.73. The Morgan fingerprint density at radius 2 is 0.900 bits per heavy atom. The molecule has 2 heterocycles. The number of fused-ring (bicyclic) bond motifs is 4. The minimum absolute atomic E-state index is 0.266. The van der Waals surface area contributed by atoms with E-state index in [0.29, 0.717) is 0 Å². The van der Waals surface area contributed by atoms with Gasteiger partial charge in [0.1, 0.15) is 5.82 Å². The molecular formula is C54H36FN3OS. The van der Waals surface area contributed by atoms with Gasteiger partial charge in [0.05, 0.1) is 22.7 Å². The van der Waals surface area contributed by atoms with Gasteiger partial charge in [-0.25, -0.2) is 4.39 Å². The lowest BCUT2D eigenvalue weighted by atomic mass is 10.0. The van der Waals surface area contributed by atoms with Crippen LogP contribution in [0.2, 0.25) is 0 Å². The molecule has 0 amide bonds. The first-order chi connectivity index (χ1) is 29.6. The number of halogens is 1. The molecule has 0 saturated carbocycles. The normalized spacial score (nSPS) is 12.4. The minimum Gasteiger partial charge on any atom is -0.453 e. The first kappa shape index (κ1) is 35.6. The van der Waals surface area contributed by atoms with Crippen molar-refractivity contribution in [3.63, 3.8) is 0 Å². The van der Waals surface area contributed by atoms with Gasteiger partial charge >= 0.3 is 0 Å². The SMILES string of the molecule is Fc1cccc(N2c3ccccc3Sc3cc(N(c4ccc(-c5ccccc5)cc4)c4ccc(-c5ccc6c(c5)Oc5ccccc5N6c5ccccc5)cc4)ccc32)c1. The Morgan fingerprint density at radius 1 is 0.367 bits per heavy atom. The predicted molar refractivity (Wildman–Crippen MR) is 246 cm³/mol. The number of para-hydroxylation sites is 4. The van der Waals surface area contributed by atoms with Crippen LogP contribution in [-0.2, 0) is 0 Å². The fraction of sp³-hybridized carbons (Fsp3) is 0. The van der Waals surface area contributed by atoms with Gasteiger partial charge in [-0.3, -0.25) is 0 Å². The van der Waals surface area contributed by atoms with Gasteiger partial charge in [-0.1, -0.05) is 121 Å². The number of nitrogens with zero attached hydrogens (tertiary/aromatic N) is 3. The molecule has 286 valence electrons. The number of ether oxygens (including phenoxy) is 1. The molecular weight excluding hydrogens is 758 g/mol. The lowest BCUT2D eigenvalue weighted by Crippen LogP contribution is -2.16. The lowest BCUT2D eigenvalue weighted by Gasteiger charge is -2.34. The largest absolute Gasteiger partial charge is 0.453 e. The summed E-state index contributed by atoms with van der Waals surface area (Å²) in [6.45, 7) is 0. The van der Waals surface area contributed by atoms with Crippen LogP contribution in [0.15, 0.2) is 228 Å². The van der Waals surface area contributed by atoms with Crippen molar-refractivity contribution < 1.29 is 9.13 Å². The van der Waals surface area contributed by atoms with Crippen LogP contribution in [0.5, 0.6) is 11.5 Å². The van der Waals surface area contributed by atoms with Crippen molar-refractivity contribution in [1.82, 2.24) is 0 Å². The third kappa shape index (κ3) is 6.44. The van der Waals surface area contributed by atoms with Crippen LogP contribution in [0.1, 0.15) is 0 Å². The number of anilines is 9. The van der Waals surface area contributed by atoms with Gasteiger partial charge in [-0.05, 0) is 131 Å². The molecule has 6 heteroatoms. The maximum Gasteiger partial charge on any atom is 0.152 e. The highest BCUT2D eigenvalue weighted by molar-refractivity contribution is 7.99. The summed E-state index contributed by atoms with van der Waals surface area (Å²) in [6.07, 6.45) is 0. The van der Waals surface area contributed by atoms with E-state index in [1.807, 2.05) is 42.5 Å². The van der Waals surface area contributed by atoms with Gasteiger partial charge in [0, 0.05) is 38.2 Å². The van der Waals surface area contributed by atoms with E-state index in [2.05, 4.69) is 172 Å². The van der Waals surface area contributed by atoms with Crippen LogP contribution in [0.3, 0.4) is 0 Å². The predicted octanol–water partition coefficient (Wildman–Crippen LogP) is 16.1. The molecule has 11 rings (SSSR count). The Balaban J connectivity index is 0.982. The van der Waals surface area contributed by atoms with Crippen LogP contribution >= 0.6 is 11.8 Å². The molecule has 0 fully saturated rings. The topological polar surface area (TPSA) is 19.0 Å². The van der Waals surface area contributed by atoms with Crippen molar-refractivity contribution in [1.29, 1.82) is 0 Å². The molecule has 9 aromatic carbocycles. The number of hydrogen-bond donors (Lipinski definition) is 0. The van der Waals surface area contributed by atoms with Gasteiger partial charge in [-0.15, -0.1) is 0 Å². The second-order valence-corrected chi connectivity index (χ2v) is 15.8. The molecule has 0 saturated heterocycles. The molecule has 0 atom stereocenters. The molecule has 9 aromatic rings. The van der Waals surface area contributed by atoms with Crippen molar-refractivity contribution in [2.75, 3.05) is 14.7 Å². The molecule has 2 aliphatic rings. The standard InChI is InChI=1S/C54H36FN3OS/c55-41-14-11-17-45(35-41)58-49-19-8-10-21-53(49)60-54-36-46(31-33-50(54)58)56(43-27-22-38(23-28-43)37-12-3-1-4-13-37)44-29-24-39(25-30-44)40-26-32-48-52(34-40)59-51-20-9-7-18-47(51)57(48)42-15-5-2-6-16-42/h1-36H. The van der Waals surface area contributed by atoms with E-state index < -0.39 is 0 Å². The van der Waals surface area contributed by atoms with E-state index in [0.717, 1.165) is 89.2 Å². The maximum absolute atomic E-state index is 14.7. The highest BCUT2D eigenvalue weighted by Gasteiger charge is 2.28. The molecule has 0 spiro atoms. The summed E-state index contributed by atoms with van der Waals surface area (Å²) in [5.74, 6) is 1.36. The molecule has 0 radical (unpaired) electrons. The first-order valence-corrected chi connectivity index (χ1v) is 20.8. The monoisotopic (exact) mass is 793 g/mol. The Labute approximate surface area is 353 Å². The van der Waals surface area contributed by atoms with E-state index >= 15 is 0 Å². The lowest BCUT2D eigenvalue weighted by molar-refractivity contribution is 0.477. The van der Waals surface area contributed by atoms with Gasteiger partial charge in [0.2, 0.25) is 0 Å². The zero-order valence-electron chi connectivity index (χ0n) is 32.3. The summed E-state index contributed by atoms with van der Waals surface area (Å²) in [4.78, 5) is 8.91. The van der Waals surface area contributed by atoms with Gasteiger partial charge in [0.25, 0.3) is 0 Å². The van der Waals surface area contributed by atoms with Crippen LogP contribution in [0, 0.1) is 5.82 Å².